The molecule has 0 amide bonds. The SMILES string of the molecule is COc1ccc(-c2[nH]c(C)nc2N)cc1OC. The molecule has 1 heterocycles. The fourth-order valence-corrected chi connectivity index (χ4v) is 1.72. The molecule has 90 valence electrons. The normalized spacial score (nSPS) is 10.3. The monoisotopic (exact) mass is 233 g/mol. The van der Waals surface area contributed by atoms with Gasteiger partial charge >= 0.3 is 0 Å². The molecule has 0 bridgehead atoms. The van der Waals surface area contributed by atoms with Crippen molar-refractivity contribution in [3.05, 3.63) is 24.0 Å². The van der Waals surface area contributed by atoms with Crippen LogP contribution in [0.5, 0.6) is 11.5 Å². The van der Waals surface area contributed by atoms with Crippen molar-refractivity contribution in [2.75, 3.05) is 20.0 Å². The highest BCUT2D eigenvalue weighted by molar-refractivity contribution is 5.72. The van der Waals surface area contributed by atoms with Crippen LogP contribution in [0.15, 0.2) is 18.2 Å². The Morgan fingerprint density at radius 1 is 1.18 bits per heavy atom. The molecule has 0 radical (unpaired) electrons. The van der Waals surface area contributed by atoms with Crippen molar-refractivity contribution < 1.29 is 9.47 Å². The van der Waals surface area contributed by atoms with Crippen molar-refractivity contribution in [1.82, 2.24) is 9.97 Å². The third kappa shape index (κ3) is 2.04. The van der Waals surface area contributed by atoms with E-state index in [2.05, 4.69) is 9.97 Å². The number of rotatable bonds is 3. The number of nitrogens with zero attached hydrogens (tertiary/aromatic N) is 1. The summed E-state index contributed by atoms with van der Waals surface area (Å²) < 4.78 is 10.4. The third-order valence-corrected chi connectivity index (χ3v) is 2.52. The molecule has 2 rings (SSSR count). The van der Waals surface area contributed by atoms with Crippen LogP contribution in [0.1, 0.15) is 5.82 Å². The number of hydrogen-bond acceptors (Lipinski definition) is 4. The topological polar surface area (TPSA) is 73.2 Å². The number of nitrogens with one attached hydrogen (secondary N) is 1. The fraction of sp³-hybridized carbons (Fsp3) is 0.250. The van der Waals surface area contributed by atoms with E-state index in [9.17, 15) is 0 Å². The van der Waals surface area contributed by atoms with Gasteiger partial charge in [0.2, 0.25) is 0 Å². The van der Waals surface area contributed by atoms with E-state index in [-0.39, 0.29) is 0 Å². The Bertz CT molecular complexity index is 535. The lowest BCUT2D eigenvalue weighted by atomic mass is 10.1. The molecule has 0 saturated heterocycles. The summed E-state index contributed by atoms with van der Waals surface area (Å²) >= 11 is 0. The Hall–Kier alpha value is -2.17. The quantitative estimate of drug-likeness (QED) is 0.850. The summed E-state index contributed by atoms with van der Waals surface area (Å²) in [4.78, 5) is 7.25. The van der Waals surface area contributed by atoms with E-state index < -0.39 is 0 Å². The molecule has 0 atom stereocenters. The minimum atomic E-state index is 0.481. The Kier molecular flexibility index (Phi) is 2.91. The van der Waals surface area contributed by atoms with Gasteiger partial charge in [-0.15, -0.1) is 0 Å². The van der Waals surface area contributed by atoms with E-state index in [0.29, 0.717) is 17.3 Å². The van der Waals surface area contributed by atoms with E-state index in [1.165, 1.54) is 0 Å². The molecule has 0 fully saturated rings. The smallest absolute Gasteiger partial charge is 0.161 e. The molecule has 1 aromatic carbocycles. The first-order valence-corrected chi connectivity index (χ1v) is 5.20. The molecule has 17 heavy (non-hydrogen) atoms. The molecule has 2 aromatic rings. The Labute approximate surface area is 99.6 Å². The van der Waals surface area contributed by atoms with Gasteiger partial charge in [-0.25, -0.2) is 4.98 Å². The van der Waals surface area contributed by atoms with Crippen molar-refractivity contribution in [2.45, 2.75) is 6.92 Å². The van der Waals surface area contributed by atoms with Gasteiger partial charge in [0, 0.05) is 5.56 Å². The number of aromatic nitrogens is 2. The lowest BCUT2D eigenvalue weighted by molar-refractivity contribution is 0.355. The largest absolute Gasteiger partial charge is 0.493 e. The van der Waals surface area contributed by atoms with Gasteiger partial charge in [-0.3, -0.25) is 0 Å². The van der Waals surface area contributed by atoms with E-state index in [1.54, 1.807) is 14.2 Å². The van der Waals surface area contributed by atoms with Gasteiger partial charge in [-0.05, 0) is 25.1 Å². The first-order chi connectivity index (χ1) is 8.15. The van der Waals surface area contributed by atoms with Crippen LogP contribution in [0.2, 0.25) is 0 Å². The molecule has 3 N–H and O–H groups in total. The molecule has 0 saturated carbocycles. The van der Waals surface area contributed by atoms with Crippen molar-refractivity contribution in [3.8, 4) is 22.8 Å². The van der Waals surface area contributed by atoms with E-state index >= 15 is 0 Å². The summed E-state index contributed by atoms with van der Waals surface area (Å²) in [6.07, 6.45) is 0. The summed E-state index contributed by atoms with van der Waals surface area (Å²) in [6.45, 7) is 1.86. The van der Waals surface area contributed by atoms with Crippen molar-refractivity contribution in [2.24, 2.45) is 0 Å². The predicted molar refractivity (Wildman–Crippen MR) is 66.3 cm³/mol. The highest BCUT2D eigenvalue weighted by atomic mass is 16.5. The number of anilines is 1. The molecule has 1 aromatic heterocycles. The minimum absolute atomic E-state index is 0.481. The van der Waals surface area contributed by atoms with Gasteiger partial charge < -0.3 is 20.2 Å². The maximum atomic E-state index is 5.82. The summed E-state index contributed by atoms with van der Waals surface area (Å²) in [5, 5.41) is 0. The molecular weight excluding hydrogens is 218 g/mol. The molecule has 5 heteroatoms. The number of H-pyrrole nitrogens is 1. The van der Waals surface area contributed by atoms with Gasteiger partial charge in [0.15, 0.2) is 11.5 Å². The number of aromatic amines is 1. The maximum Gasteiger partial charge on any atom is 0.161 e. The van der Waals surface area contributed by atoms with Crippen LogP contribution < -0.4 is 15.2 Å². The van der Waals surface area contributed by atoms with Crippen LogP contribution >= 0.6 is 0 Å². The molecule has 0 unspecified atom stereocenters. The van der Waals surface area contributed by atoms with Crippen LogP contribution in [-0.2, 0) is 0 Å². The van der Waals surface area contributed by atoms with Gasteiger partial charge in [0.25, 0.3) is 0 Å². The van der Waals surface area contributed by atoms with Crippen molar-refractivity contribution in [3.63, 3.8) is 0 Å². The Morgan fingerprint density at radius 2 is 1.88 bits per heavy atom. The zero-order chi connectivity index (χ0) is 12.4. The standard InChI is InChI=1S/C12H15N3O2/c1-7-14-11(12(13)15-7)8-4-5-9(16-2)10(6-8)17-3/h4-6H,13H2,1-3H3,(H,14,15). The van der Waals surface area contributed by atoms with Gasteiger partial charge in [-0.2, -0.15) is 0 Å². The number of nitrogens with two attached hydrogens (primary N) is 1. The first kappa shape index (κ1) is 11.3. The predicted octanol–water partition coefficient (Wildman–Crippen LogP) is 1.98. The van der Waals surface area contributed by atoms with Gasteiger partial charge in [0.1, 0.15) is 11.6 Å². The maximum absolute atomic E-state index is 5.82. The highest BCUT2D eigenvalue weighted by Crippen LogP contribution is 2.33. The van der Waals surface area contributed by atoms with Crippen LogP contribution in [0.25, 0.3) is 11.3 Å². The molecule has 0 aliphatic heterocycles. The highest BCUT2D eigenvalue weighted by Gasteiger charge is 2.10. The number of nitrogen functional groups attached to an aromatic ring is 1. The Balaban J connectivity index is 2.50. The number of benzene rings is 1. The van der Waals surface area contributed by atoms with Crippen LogP contribution in [0, 0.1) is 6.92 Å². The van der Waals surface area contributed by atoms with Crippen LogP contribution in [0.4, 0.5) is 5.82 Å². The van der Waals surface area contributed by atoms with Crippen molar-refractivity contribution in [1.29, 1.82) is 0 Å². The first-order valence-electron chi connectivity index (χ1n) is 5.20. The zero-order valence-corrected chi connectivity index (χ0v) is 10.1. The second-order valence-electron chi connectivity index (χ2n) is 3.65. The summed E-state index contributed by atoms with van der Waals surface area (Å²) in [5.41, 5.74) is 7.53. The van der Waals surface area contributed by atoms with E-state index in [4.69, 9.17) is 15.2 Å². The molecule has 5 nitrogen and oxygen atoms in total. The molecular formula is C12H15N3O2. The minimum Gasteiger partial charge on any atom is -0.493 e. The average molecular weight is 233 g/mol. The van der Waals surface area contributed by atoms with E-state index in [0.717, 1.165) is 17.1 Å². The van der Waals surface area contributed by atoms with E-state index in [1.807, 2.05) is 25.1 Å². The molecule has 0 aliphatic carbocycles. The number of imidazole rings is 1. The summed E-state index contributed by atoms with van der Waals surface area (Å²) in [7, 11) is 3.20. The van der Waals surface area contributed by atoms with Crippen LogP contribution in [0.3, 0.4) is 0 Å². The molecule has 0 spiro atoms. The zero-order valence-electron chi connectivity index (χ0n) is 10.1. The van der Waals surface area contributed by atoms with Crippen molar-refractivity contribution >= 4 is 5.82 Å². The summed E-state index contributed by atoms with van der Waals surface area (Å²) in [6, 6.07) is 5.61. The number of aryl methyl sites for hydroxylation is 1. The third-order valence-electron chi connectivity index (χ3n) is 2.52. The second kappa shape index (κ2) is 4.37. The lowest BCUT2D eigenvalue weighted by Gasteiger charge is -2.08. The Morgan fingerprint density at radius 3 is 2.41 bits per heavy atom. The lowest BCUT2D eigenvalue weighted by Crippen LogP contribution is -1.92. The second-order valence-corrected chi connectivity index (χ2v) is 3.65. The summed E-state index contributed by atoms with van der Waals surface area (Å²) in [5.74, 6) is 2.62. The number of ether oxygens (including phenoxy) is 2. The molecule has 0 aliphatic rings. The fourth-order valence-electron chi connectivity index (χ4n) is 1.72. The number of methoxy groups -OCH3 is 2. The van der Waals surface area contributed by atoms with Crippen LogP contribution in [-0.4, -0.2) is 24.2 Å². The van der Waals surface area contributed by atoms with Gasteiger partial charge in [0.05, 0.1) is 19.9 Å². The van der Waals surface area contributed by atoms with Gasteiger partial charge in [-0.1, -0.05) is 0 Å². The average Bonchev–Trinajstić information content (AvgIpc) is 2.67. The number of hydrogen-bond donors (Lipinski definition) is 2.